The van der Waals surface area contributed by atoms with Gasteiger partial charge in [0.15, 0.2) is 0 Å². The Morgan fingerprint density at radius 1 is 0.923 bits per heavy atom. The molecule has 142 valence electrons. The van der Waals surface area contributed by atoms with Gasteiger partial charge in [-0.1, -0.05) is 36.9 Å². The molecule has 4 nitrogen and oxygen atoms in total. The van der Waals surface area contributed by atoms with Gasteiger partial charge < -0.3 is 10.6 Å². The third kappa shape index (κ3) is 5.00. The highest BCUT2D eigenvalue weighted by atomic mass is 35.5. The van der Waals surface area contributed by atoms with E-state index in [9.17, 15) is 9.59 Å². The lowest BCUT2D eigenvalue weighted by molar-refractivity contribution is -0.129. The van der Waals surface area contributed by atoms with Crippen LogP contribution in [-0.4, -0.2) is 17.9 Å². The van der Waals surface area contributed by atoms with Gasteiger partial charge in [0.2, 0.25) is 11.8 Å². The van der Waals surface area contributed by atoms with E-state index >= 15 is 0 Å². The summed E-state index contributed by atoms with van der Waals surface area (Å²) in [5.74, 6) is 0.281. The number of anilines is 1. The minimum absolute atomic E-state index is 0.0212. The molecule has 0 atom stereocenters. The molecule has 2 amide bonds. The Morgan fingerprint density at radius 3 is 2.19 bits per heavy atom. The highest BCUT2D eigenvalue weighted by Crippen LogP contribution is 2.31. The normalized spacial score (nSPS) is 24.1. The van der Waals surface area contributed by atoms with Crippen molar-refractivity contribution >= 4 is 29.1 Å². The predicted octanol–water partition coefficient (Wildman–Crippen LogP) is 4.84. The van der Waals surface area contributed by atoms with Crippen LogP contribution in [0.1, 0.15) is 63.4 Å². The van der Waals surface area contributed by atoms with Crippen molar-refractivity contribution in [3.8, 4) is 0 Å². The van der Waals surface area contributed by atoms with Gasteiger partial charge in [-0.2, -0.15) is 0 Å². The molecule has 0 radical (unpaired) electrons. The van der Waals surface area contributed by atoms with Crippen molar-refractivity contribution in [2.45, 2.75) is 70.8 Å². The fourth-order valence-electron chi connectivity index (χ4n) is 4.15. The summed E-state index contributed by atoms with van der Waals surface area (Å²) in [4.78, 5) is 25.1. The SMILES string of the molecule is Cc1ccc(Cl)cc1NC(=O)C1CCC(C(=O)NC2CCCCC2)CC1. The first-order valence-corrected chi connectivity index (χ1v) is 10.3. The van der Waals surface area contributed by atoms with E-state index in [0.29, 0.717) is 11.1 Å². The minimum Gasteiger partial charge on any atom is -0.353 e. The van der Waals surface area contributed by atoms with Crippen LogP contribution in [0.3, 0.4) is 0 Å². The Morgan fingerprint density at radius 2 is 1.54 bits per heavy atom. The first kappa shape index (κ1) is 19.2. The summed E-state index contributed by atoms with van der Waals surface area (Å²) in [5, 5.41) is 6.86. The Hall–Kier alpha value is -1.55. The number of carbonyl (C=O) groups excluding carboxylic acids is 2. The van der Waals surface area contributed by atoms with Gasteiger partial charge in [0.05, 0.1) is 0 Å². The van der Waals surface area contributed by atoms with Crippen LogP contribution in [0.2, 0.25) is 5.02 Å². The molecule has 2 saturated carbocycles. The number of benzene rings is 1. The summed E-state index contributed by atoms with van der Waals surface area (Å²) < 4.78 is 0. The van der Waals surface area contributed by atoms with Gasteiger partial charge in [-0.3, -0.25) is 9.59 Å². The molecule has 0 spiro atoms. The summed E-state index contributed by atoms with van der Waals surface area (Å²) in [5.41, 5.74) is 1.78. The number of carbonyl (C=O) groups is 2. The highest BCUT2D eigenvalue weighted by Gasteiger charge is 2.31. The van der Waals surface area contributed by atoms with Gasteiger partial charge in [0.1, 0.15) is 0 Å². The fraction of sp³-hybridized carbons (Fsp3) is 0.619. The lowest BCUT2D eigenvalue weighted by Crippen LogP contribution is -2.41. The van der Waals surface area contributed by atoms with E-state index in [4.69, 9.17) is 11.6 Å². The van der Waals surface area contributed by atoms with Crippen LogP contribution in [0, 0.1) is 18.8 Å². The molecular weight excluding hydrogens is 348 g/mol. The smallest absolute Gasteiger partial charge is 0.227 e. The Labute approximate surface area is 161 Å². The second-order valence-corrected chi connectivity index (χ2v) is 8.28. The van der Waals surface area contributed by atoms with Gasteiger partial charge in [-0.25, -0.2) is 0 Å². The molecule has 0 aromatic heterocycles. The van der Waals surface area contributed by atoms with Crippen molar-refractivity contribution in [2.75, 3.05) is 5.32 Å². The zero-order valence-electron chi connectivity index (χ0n) is 15.5. The molecular formula is C21H29ClN2O2. The summed E-state index contributed by atoms with van der Waals surface area (Å²) in [6.45, 7) is 1.96. The molecule has 0 saturated heterocycles. The van der Waals surface area contributed by atoms with E-state index in [2.05, 4.69) is 10.6 Å². The molecule has 1 aromatic carbocycles. The fourth-order valence-corrected chi connectivity index (χ4v) is 4.32. The van der Waals surface area contributed by atoms with Crippen molar-refractivity contribution in [3.63, 3.8) is 0 Å². The first-order chi connectivity index (χ1) is 12.5. The Bertz CT molecular complexity index is 647. The third-order valence-electron chi connectivity index (χ3n) is 5.88. The molecule has 2 N–H and O–H groups in total. The number of hydrogen-bond acceptors (Lipinski definition) is 2. The second kappa shape index (κ2) is 8.90. The van der Waals surface area contributed by atoms with E-state index < -0.39 is 0 Å². The van der Waals surface area contributed by atoms with Gasteiger partial charge in [-0.05, 0) is 63.1 Å². The zero-order chi connectivity index (χ0) is 18.5. The maximum Gasteiger partial charge on any atom is 0.227 e. The van der Waals surface area contributed by atoms with Crippen LogP contribution >= 0.6 is 11.6 Å². The molecule has 0 heterocycles. The standard InChI is InChI=1S/C21H29ClN2O2/c1-14-7-12-17(22)13-19(14)24-21(26)16-10-8-15(9-11-16)20(25)23-18-5-3-2-4-6-18/h7,12-13,15-16,18H,2-6,8-11H2,1H3,(H,23,25)(H,24,26). The first-order valence-electron chi connectivity index (χ1n) is 9.90. The molecule has 2 aliphatic carbocycles. The number of amides is 2. The maximum absolute atomic E-state index is 12.6. The topological polar surface area (TPSA) is 58.2 Å². The van der Waals surface area contributed by atoms with Gasteiger partial charge in [0.25, 0.3) is 0 Å². The molecule has 2 fully saturated rings. The van der Waals surface area contributed by atoms with E-state index in [0.717, 1.165) is 49.8 Å². The van der Waals surface area contributed by atoms with E-state index in [-0.39, 0.29) is 23.7 Å². The number of rotatable bonds is 4. The van der Waals surface area contributed by atoms with E-state index in [1.165, 1.54) is 19.3 Å². The molecule has 1 aromatic rings. The average Bonchev–Trinajstić information content (AvgIpc) is 2.65. The van der Waals surface area contributed by atoms with Crippen LogP contribution in [-0.2, 0) is 9.59 Å². The average molecular weight is 377 g/mol. The lowest BCUT2D eigenvalue weighted by Gasteiger charge is -2.30. The van der Waals surface area contributed by atoms with Crippen molar-refractivity contribution in [2.24, 2.45) is 11.8 Å². The summed E-state index contributed by atoms with van der Waals surface area (Å²) >= 11 is 6.02. The minimum atomic E-state index is -0.0212. The van der Waals surface area contributed by atoms with Crippen molar-refractivity contribution in [3.05, 3.63) is 28.8 Å². The van der Waals surface area contributed by atoms with Crippen molar-refractivity contribution in [1.82, 2.24) is 5.32 Å². The van der Waals surface area contributed by atoms with Crippen LogP contribution in [0.4, 0.5) is 5.69 Å². The zero-order valence-corrected chi connectivity index (χ0v) is 16.3. The van der Waals surface area contributed by atoms with Crippen LogP contribution in [0.5, 0.6) is 0 Å². The monoisotopic (exact) mass is 376 g/mol. The largest absolute Gasteiger partial charge is 0.353 e. The number of hydrogen-bond donors (Lipinski definition) is 2. The lowest BCUT2D eigenvalue weighted by atomic mass is 9.80. The summed E-state index contributed by atoms with van der Waals surface area (Å²) in [6.07, 6.45) is 9.10. The van der Waals surface area contributed by atoms with Crippen LogP contribution in [0.25, 0.3) is 0 Å². The highest BCUT2D eigenvalue weighted by molar-refractivity contribution is 6.31. The molecule has 0 aliphatic heterocycles. The molecule has 5 heteroatoms. The molecule has 2 aliphatic rings. The third-order valence-corrected chi connectivity index (χ3v) is 6.11. The van der Waals surface area contributed by atoms with Gasteiger partial charge in [0, 0.05) is 28.6 Å². The van der Waals surface area contributed by atoms with Crippen LogP contribution in [0.15, 0.2) is 18.2 Å². The van der Waals surface area contributed by atoms with E-state index in [1.54, 1.807) is 6.07 Å². The van der Waals surface area contributed by atoms with Crippen molar-refractivity contribution < 1.29 is 9.59 Å². The number of aryl methyl sites for hydroxylation is 1. The van der Waals surface area contributed by atoms with Crippen LogP contribution < -0.4 is 10.6 Å². The molecule has 0 unspecified atom stereocenters. The summed E-state index contributed by atoms with van der Waals surface area (Å²) in [7, 11) is 0. The van der Waals surface area contributed by atoms with Gasteiger partial charge >= 0.3 is 0 Å². The van der Waals surface area contributed by atoms with Gasteiger partial charge in [-0.15, -0.1) is 0 Å². The quantitative estimate of drug-likeness (QED) is 0.789. The van der Waals surface area contributed by atoms with Crippen molar-refractivity contribution in [1.29, 1.82) is 0 Å². The number of nitrogens with one attached hydrogen (secondary N) is 2. The second-order valence-electron chi connectivity index (χ2n) is 7.84. The maximum atomic E-state index is 12.6. The Balaban J connectivity index is 1.47. The number of halogens is 1. The molecule has 3 rings (SSSR count). The van der Waals surface area contributed by atoms with E-state index in [1.807, 2.05) is 19.1 Å². The molecule has 0 bridgehead atoms. The Kier molecular flexibility index (Phi) is 6.58. The predicted molar refractivity (Wildman–Crippen MR) is 105 cm³/mol. The summed E-state index contributed by atoms with van der Waals surface area (Å²) in [6, 6.07) is 5.88. The molecule has 26 heavy (non-hydrogen) atoms.